The Morgan fingerprint density at radius 1 is 1.33 bits per heavy atom. The molecule has 0 bridgehead atoms. The Bertz CT molecular complexity index is 587. The smallest absolute Gasteiger partial charge is 0.396 e. The highest BCUT2D eigenvalue weighted by atomic mass is 32.2. The SMILES string of the molecule is CCC(CCO)NS(=O)(=O)c1ccc(F)c(C(F)(F)F)c1. The van der Waals surface area contributed by atoms with Crippen LogP contribution >= 0.6 is 0 Å². The first-order valence-electron chi connectivity index (χ1n) is 6.11. The fraction of sp³-hybridized carbons (Fsp3) is 0.500. The Balaban J connectivity index is 3.15. The molecule has 0 radical (unpaired) electrons. The molecular formula is C12H15F4NO3S. The zero-order valence-corrected chi connectivity index (χ0v) is 11.9. The number of hydrogen-bond donors (Lipinski definition) is 2. The van der Waals surface area contributed by atoms with Crippen LogP contribution < -0.4 is 4.72 Å². The van der Waals surface area contributed by atoms with Crippen LogP contribution in [0.5, 0.6) is 0 Å². The lowest BCUT2D eigenvalue weighted by Crippen LogP contribution is -2.35. The number of rotatable bonds is 6. The van der Waals surface area contributed by atoms with Crippen LogP contribution in [0.3, 0.4) is 0 Å². The van der Waals surface area contributed by atoms with Crippen LogP contribution in [0.2, 0.25) is 0 Å². The van der Waals surface area contributed by atoms with Gasteiger partial charge >= 0.3 is 6.18 Å². The summed E-state index contributed by atoms with van der Waals surface area (Å²) in [6.07, 6.45) is -4.50. The molecule has 0 fully saturated rings. The standard InChI is InChI=1S/C12H15F4NO3S/c1-2-8(5-6-18)17-21(19,20)9-3-4-11(13)10(7-9)12(14,15)16/h3-4,7-8,17-18H,2,5-6H2,1H3. The van der Waals surface area contributed by atoms with E-state index in [1.807, 2.05) is 0 Å². The Kier molecular flexibility index (Phi) is 5.71. The van der Waals surface area contributed by atoms with Gasteiger partial charge in [-0.05, 0) is 31.0 Å². The monoisotopic (exact) mass is 329 g/mol. The number of halogens is 4. The second-order valence-corrected chi connectivity index (χ2v) is 6.09. The fourth-order valence-corrected chi connectivity index (χ4v) is 3.06. The van der Waals surface area contributed by atoms with E-state index >= 15 is 0 Å². The highest BCUT2D eigenvalue weighted by Crippen LogP contribution is 2.32. The number of aliphatic hydroxyl groups is 1. The molecular weight excluding hydrogens is 314 g/mol. The number of sulfonamides is 1. The third kappa shape index (κ3) is 4.65. The molecule has 0 aliphatic carbocycles. The molecule has 1 aromatic rings. The van der Waals surface area contributed by atoms with E-state index in [1.54, 1.807) is 6.92 Å². The summed E-state index contributed by atoms with van der Waals surface area (Å²) in [5.74, 6) is -1.54. The van der Waals surface area contributed by atoms with Gasteiger partial charge < -0.3 is 5.11 Å². The average molecular weight is 329 g/mol. The second kappa shape index (κ2) is 6.71. The largest absolute Gasteiger partial charge is 0.419 e. The van der Waals surface area contributed by atoms with E-state index in [-0.39, 0.29) is 19.1 Å². The highest BCUT2D eigenvalue weighted by molar-refractivity contribution is 7.89. The summed E-state index contributed by atoms with van der Waals surface area (Å²) in [6, 6.07) is 0.867. The van der Waals surface area contributed by atoms with Crippen molar-refractivity contribution in [2.24, 2.45) is 0 Å². The lowest BCUT2D eigenvalue weighted by Gasteiger charge is -2.17. The first kappa shape index (κ1) is 17.9. The van der Waals surface area contributed by atoms with E-state index < -0.39 is 38.5 Å². The summed E-state index contributed by atoms with van der Waals surface area (Å²) in [5.41, 5.74) is -1.64. The highest BCUT2D eigenvalue weighted by Gasteiger charge is 2.35. The summed E-state index contributed by atoms with van der Waals surface area (Å²) in [5, 5.41) is 8.79. The van der Waals surface area contributed by atoms with E-state index in [0.717, 1.165) is 6.07 Å². The molecule has 120 valence electrons. The molecule has 0 aliphatic rings. The lowest BCUT2D eigenvalue weighted by atomic mass is 10.2. The van der Waals surface area contributed by atoms with Crippen molar-refractivity contribution in [2.75, 3.05) is 6.61 Å². The van der Waals surface area contributed by atoms with Crippen molar-refractivity contribution in [3.05, 3.63) is 29.6 Å². The summed E-state index contributed by atoms with van der Waals surface area (Å²) >= 11 is 0. The predicted octanol–water partition coefficient (Wildman–Crippen LogP) is 2.28. The molecule has 1 rings (SSSR count). The van der Waals surface area contributed by atoms with Gasteiger partial charge in [0.15, 0.2) is 0 Å². The van der Waals surface area contributed by atoms with Crippen LogP contribution in [-0.2, 0) is 16.2 Å². The van der Waals surface area contributed by atoms with Gasteiger partial charge in [-0.15, -0.1) is 0 Å². The van der Waals surface area contributed by atoms with Crippen molar-refractivity contribution >= 4 is 10.0 Å². The van der Waals surface area contributed by atoms with Gasteiger partial charge in [-0.3, -0.25) is 0 Å². The van der Waals surface area contributed by atoms with E-state index in [1.165, 1.54) is 0 Å². The predicted molar refractivity (Wildman–Crippen MR) is 67.5 cm³/mol. The zero-order valence-electron chi connectivity index (χ0n) is 11.1. The summed E-state index contributed by atoms with van der Waals surface area (Å²) in [7, 11) is -4.22. The summed E-state index contributed by atoms with van der Waals surface area (Å²) in [6.45, 7) is 1.40. The third-order valence-corrected chi connectivity index (χ3v) is 4.36. The van der Waals surface area contributed by atoms with Crippen LogP contribution in [0.1, 0.15) is 25.3 Å². The molecule has 1 atom stereocenters. The van der Waals surface area contributed by atoms with Crippen molar-refractivity contribution < 1.29 is 31.1 Å². The molecule has 1 unspecified atom stereocenters. The summed E-state index contributed by atoms with van der Waals surface area (Å²) in [4.78, 5) is -0.674. The van der Waals surface area contributed by atoms with Crippen LogP contribution in [0.25, 0.3) is 0 Å². The molecule has 0 heterocycles. The van der Waals surface area contributed by atoms with Crippen molar-refractivity contribution in [3.63, 3.8) is 0 Å². The molecule has 2 N–H and O–H groups in total. The maximum absolute atomic E-state index is 13.1. The van der Waals surface area contributed by atoms with E-state index in [2.05, 4.69) is 4.72 Å². The number of hydrogen-bond acceptors (Lipinski definition) is 3. The maximum atomic E-state index is 13.1. The Labute approximate surface area is 119 Å². The first-order valence-corrected chi connectivity index (χ1v) is 7.60. The molecule has 0 aromatic heterocycles. The van der Waals surface area contributed by atoms with Crippen LogP contribution in [-0.4, -0.2) is 26.2 Å². The normalized spacial score (nSPS) is 14.2. The van der Waals surface area contributed by atoms with Crippen molar-refractivity contribution in [3.8, 4) is 0 Å². The Hall–Kier alpha value is -1.19. The topological polar surface area (TPSA) is 66.4 Å². The molecule has 0 spiro atoms. The maximum Gasteiger partial charge on any atom is 0.419 e. The molecule has 1 aromatic carbocycles. The van der Waals surface area contributed by atoms with Crippen molar-refractivity contribution in [1.29, 1.82) is 0 Å². The van der Waals surface area contributed by atoms with E-state index in [4.69, 9.17) is 5.11 Å². The minimum Gasteiger partial charge on any atom is -0.396 e. The van der Waals surface area contributed by atoms with Gasteiger partial charge in [-0.2, -0.15) is 13.2 Å². The Morgan fingerprint density at radius 3 is 2.43 bits per heavy atom. The van der Waals surface area contributed by atoms with Crippen LogP contribution in [0, 0.1) is 5.82 Å². The lowest BCUT2D eigenvalue weighted by molar-refractivity contribution is -0.140. The molecule has 0 aliphatic heterocycles. The third-order valence-electron chi connectivity index (χ3n) is 2.85. The average Bonchev–Trinajstić information content (AvgIpc) is 2.36. The van der Waals surface area contributed by atoms with Gasteiger partial charge in [-0.25, -0.2) is 17.5 Å². The molecule has 0 saturated heterocycles. The molecule has 4 nitrogen and oxygen atoms in total. The number of alkyl halides is 3. The molecule has 0 saturated carbocycles. The van der Waals surface area contributed by atoms with Gasteiger partial charge in [0.25, 0.3) is 0 Å². The molecule has 9 heteroatoms. The van der Waals surface area contributed by atoms with Crippen LogP contribution in [0.15, 0.2) is 23.1 Å². The first-order chi connectivity index (χ1) is 9.61. The van der Waals surface area contributed by atoms with E-state index in [0.29, 0.717) is 12.5 Å². The van der Waals surface area contributed by atoms with Gasteiger partial charge in [0.2, 0.25) is 10.0 Å². The van der Waals surface area contributed by atoms with Crippen LogP contribution in [0.4, 0.5) is 17.6 Å². The minimum atomic E-state index is -4.98. The van der Waals surface area contributed by atoms with Gasteiger partial charge in [0, 0.05) is 12.6 Å². The van der Waals surface area contributed by atoms with Gasteiger partial charge in [0.1, 0.15) is 5.82 Å². The number of aliphatic hydroxyl groups excluding tert-OH is 1. The number of benzene rings is 1. The second-order valence-electron chi connectivity index (χ2n) is 4.38. The molecule has 21 heavy (non-hydrogen) atoms. The molecule has 0 amide bonds. The Morgan fingerprint density at radius 2 is 1.95 bits per heavy atom. The zero-order chi connectivity index (χ0) is 16.3. The fourth-order valence-electron chi connectivity index (χ4n) is 1.68. The minimum absolute atomic E-state index is 0.128. The number of nitrogens with one attached hydrogen (secondary N) is 1. The van der Waals surface area contributed by atoms with Gasteiger partial charge in [0.05, 0.1) is 10.5 Å². The van der Waals surface area contributed by atoms with E-state index in [9.17, 15) is 26.0 Å². The van der Waals surface area contributed by atoms with Crippen molar-refractivity contribution in [1.82, 2.24) is 4.72 Å². The van der Waals surface area contributed by atoms with Gasteiger partial charge in [-0.1, -0.05) is 6.92 Å². The quantitative estimate of drug-likeness (QED) is 0.787. The van der Waals surface area contributed by atoms with Crippen molar-refractivity contribution in [2.45, 2.75) is 36.9 Å². The summed E-state index contributed by atoms with van der Waals surface area (Å²) < 4.78 is 77.0.